The van der Waals surface area contributed by atoms with Crippen LogP contribution in [-0.4, -0.2) is 22.5 Å². The first-order valence-electron chi connectivity index (χ1n) is 8.72. The highest BCUT2D eigenvalue weighted by Crippen LogP contribution is 2.29. The molecule has 2 aromatic carbocycles. The number of aromatic nitrogens is 2. The molecule has 2 heterocycles. The van der Waals surface area contributed by atoms with Crippen molar-refractivity contribution < 1.29 is 9.53 Å². The molecule has 6 heteroatoms. The molecule has 1 N–H and O–H groups in total. The number of rotatable bonds is 6. The van der Waals surface area contributed by atoms with Crippen LogP contribution in [-0.2, 0) is 4.79 Å². The van der Waals surface area contributed by atoms with Gasteiger partial charge in [-0.25, -0.2) is 4.98 Å². The van der Waals surface area contributed by atoms with Gasteiger partial charge in [0, 0.05) is 28.4 Å². The maximum Gasteiger partial charge on any atom is 0.262 e. The molecule has 28 heavy (non-hydrogen) atoms. The van der Waals surface area contributed by atoms with Crippen LogP contribution in [0.2, 0.25) is 0 Å². The number of nitrogens with zero attached hydrogens (tertiary/aromatic N) is 2. The summed E-state index contributed by atoms with van der Waals surface area (Å²) in [6, 6.07) is 21.2. The zero-order valence-corrected chi connectivity index (χ0v) is 15.7. The molecule has 0 spiro atoms. The number of amides is 1. The molecule has 0 bridgehead atoms. The number of benzene rings is 2. The van der Waals surface area contributed by atoms with E-state index in [0.29, 0.717) is 11.4 Å². The van der Waals surface area contributed by atoms with Crippen molar-refractivity contribution in [3.8, 4) is 27.6 Å². The highest BCUT2D eigenvalue weighted by molar-refractivity contribution is 7.13. The van der Waals surface area contributed by atoms with Crippen molar-refractivity contribution in [3.63, 3.8) is 0 Å². The topological polar surface area (TPSA) is 64.1 Å². The summed E-state index contributed by atoms with van der Waals surface area (Å²) in [5, 5.41) is 5.84. The van der Waals surface area contributed by atoms with Crippen molar-refractivity contribution >= 4 is 22.9 Å². The highest BCUT2D eigenvalue weighted by atomic mass is 32.1. The molecule has 1 amide bonds. The Morgan fingerprint density at radius 3 is 2.68 bits per heavy atom. The second-order valence-corrected chi connectivity index (χ2v) is 6.87. The molecule has 4 aromatic rings. The van der Waals surface area contributed by atoms with Gasteiger partial charge in [-0.1, -0.05) is 42.5 Å². The van der Waals surface area contributed by atoms with Gasteiger partial charge in [0.05, 0.1) is 11.9 Å². The third kappa shape index (κ3) is 4.42. The van der Waals surface area contributed by atoms with Gasteiger partial charge in [-0.15, -0.1) is 11.3 Å². The molecular formula is C22H17N3O2S. The summed E-state index contributed by atoms with van der Waals surface area (Å²) in [6.07, 6.45) is 3.22. The predicted molar refractivity (Wildman–Crippen MR) is 111 cm³/mol. The molecule has 0 saturated heterocycles. The fourth-order valence-electron chi connectivity index (χ4n) is 2.65. The minimum absolute atomic E-state index is 0.0786. The molecule has 0 saturated carbocycles. The van der Waals surface area contributed by atoms with E-state index in [1.807, 2.05) is 60.0 Å². The number of carbonyl (C=O) groups excluding carboxylic acids is 1. The molecule has 0 aliphatic rings. The van der Waals surface area contributed by atoms with Crippen molar-refractivity contribution in [1.29, 1.82) is 0 Å². The van der Waals surface area contributed by atoms with Gasteiger partial charge >= 0.3 is 0 Å². The Hall–Kier alpha value is -3.51. The molecule has 0 radical (unpaired) electrons. The minimum Gasteiger partial charge on any atom is -0.482 e. The summed E-state index contributed by atoms with van der Waals surface area (Å²) in [4.78, 5) is 20.8. The van der Waals surface area contributed by atoms with Crippen LogP contribution in [0, 0.1) is 0 Å². The standard InChI is InChI=1S/C22H17N3O2S/c26-21(14-27-19-10-5-11-23-13-19)24-18-9-4-8-17(12-18)20-15-28-22(25-20)16-6-2-1-3-7-16/h1-13,15H,14H2,(H,24,26). The molecule has 0 fully saturated rings. The Bertz CT molecular complexity index is 1070. The maximum atomic E-state index is 12.2. The lowest BCUT2D eigenvalue weighted by Crippen LogP contribution is -2.20. The van der Waals surface area contributed by atoms with Gasteiger partial charge < -0.3 is 10.1 Å². The molecule has 0 atom stereocenters. The van der Waals surface area contributed by atoms with E-state index < -0.39 is 0 Å². The number of ether oxygens (including phenoxy) is 1. The molecular weight excluding hydrogens is 370 g/mol. The normalized spacial score (nSPS) is 10.4. The van der Waals surface area contributed by atoms with Crippen LogP contribution in [0.5, 0.6) is 5.75 Å². The molecule has 4 rings (SSSR count). The molecule has 0 aliphatic heterocycles. The molecule has 0 aliphatic carbocycles. The number of hydrogen-bond acceptors (Lipinski definition) is 5. The first kappa shape index (κ1) is 17.9. The summed E-state index contributed by atoms with van der Waals surface area (Å²) >= 11 is 1.60. The average molecular weight is 387 g/mol. The van der Waals surface area contributed by atoms with Gasteiger partial charge in [0.15, 0.2) is 6.61 Å². The van der Waals surface area contributed by atoms with Crippen LogP contribution >= 0.6 is 11.3 Å². The summed E-state index contributed by atoms with van der Waals surface area (Å²) in [6.45, 7) is -0.0786. The number of nitrogens with one attached hydrogen (secondary N) is 1. The summed E-state index contributed by atoms with van der Waals surface area (Å²) in [5.74, 6) is 0.326. The molecule has 2 aromatic heterocycles. The Labute approximate surface area is 166 Å². The number of thiazole rings is 1. The van der Waals surface area contributed by atoms with Gasteiger partial charge in [0.25, 0.3) is 5.91 Å². The zero-order chi connectivity index (χ0) is 19.2. The van der Waals surface area contributed by atoms with Gasteiger partial charge in [-0.3, -0.25) is 9.78 Å². The zero-order valence-electron chi connectivity index (χ0n) is 14.9. The van der Waals surface area contributed by atoms with Crippen molar-refractivity contribution in [3.05, 3.63) is 84.5 Å². The first-order valence-corrected chi connectivity index (χ1v) is 9.60. The van der Waals surface area contributed by atoms with Crippen molar-refractivity contribution in [2.24, 2.45) is 0 Å². The van der Waals surface area contributed by atoms with Gasteiger partial charge in [0.2, 0.25) is 0 Å². The summed E-state index contributed by atoms with van der Waals surface area (Å²) in [7, 11) is 0. The fraction of sp³-hybridized carbons (Fsp3) is 0.0455. The number of pyridine rings is 1. The van der Waals surface area contributed by atoms with Gasteiger partial charge in [0.1, 0.15) is 10.8 Å². The quantitative estimate of drug-likeness (QED) is 0.512. The Kier molecular flexibility index (Phi) is 5.40. The number of anilines is 1. The van der Waals surface area contributed by atoms with Gasteiger partial charge in [-0.2, -0.15) is 0 Å². The van der Waals surface area contributed by atoms with Crippen LogP contribution in [0.25, 0.3) is 21.8 Å². The number of hydrogen-bond donors (Lipinski definition) is 1. The summed E-state index contributed by atoms with van der Waals surface area (Å²) in [5.41, 5.74) is 3.62. The SMILES string of the molecule is O=C(COc1cccnc1)Nc1cccc(-c2csc(-c3ccccc3)n2)c1. The molecule has 0 unspecified atom stereocenters. The largest absolute Gasteiger partial charge is 0.482 e. The minimum atomic E-state index is -0.232. The van der Waals surface area contributed by atoms with Crippen LogP contribution in [0.3, 0.4) is 0 Å². The average Bonchev–Trinajstić information content (AvgIpc) is 3.24. The lowest BCUT2D eigenvalue weighted by molar-refractivity contribution is -0.118. The molecule has 138 valence electrons. The van der Waals surface area contributed by atoms with Crippen LogP contribution in [0.15, 0.2) is 84.5 Å². The van der Waals surface area contributed by atoms with E-state index in [1.165, 1.54) is 0 Å². The maximum absolute atomic E-state index is 12.2. The van der Waals surface area contributed by atoms with Crippen LogP contribution < -0.4 is 10.1 Å². The Morgan fingerprint density at radius 2 is 1.86 bits per heavy atom. The lowest BCUT2D eigenvalue weighted by Gasteiger charge is -2.08. The predicted octanol–water partition coefficient (Wildman–Crippen LogP) is 4.89. The van der Waals surface area contributed by atoms with Gasteiger partial charge in [-0.05, 0) is 24.3 Å². The van der Waals surface area contributed by atoms with E-state index in [0.717, 1.165) is 21.8 Å². The van der Waals surface area contributed by atoms with Crippen molar-refractivity contribution in [1.82, 2.24) is 9.97 Å². The van der Waals surface area contributed by atoms with E-state index in [9.17, 15) is 4.79 Å². The Balaban J connectivity index is 1.43. The van der Waals surface area contributed by atoms with E-state index in [1.54, 1.807) is 35.9 Å². The second-order valence-electron chi connectivity index (χ2n) is 6.01. The van der Waals surface area contributed by atoms with E-state index in [2.05, 4.69) is 10.3 Å². The third-order valence-corrected chi connectivity index (χ3v) is 4.86. The monoisotopic (exact) mass is 387 g/mol. The van der Waals surface area contributed by atoms with Crippen molar-refractivity contribution in [2.45, 2.75) is 0 Å². The number of carbonyl (C=O) groups is 1. The van der Waals surface area contributed by atoms with E-state index in [-0.39, 0.29) is 12.5 Å². The first-order chi connectivity index (χ1) is 13.8. The lowest BCUT2D eigenvalue weighted by atomic mass is 10.1. The summed E-state index contributed by atoms with van der Waals surface area (Å²) < 4.78 is 5.42. The van der Waals surface area contributed by atoms with Crippen LogP contribution in [0.4, 0.5) is 5.69 Å². The highest BCUT2D eigenvalue weighted by Gasteiger charge is 2.09. The van der Waals surface area contributed by atoms with Crippen LogP contribution in [0.1, 0.15) is 0 Å². The smallest absolute Gasteiger partial charge is 0.262 e. The molecule has 5 nitrogen and oxygen atoms in total. The fourth-order valence-corrected chi connectivity index (χ4v) is 3.49. The Morgan fingerprint density at radius 1 is 1.00 bits per heavy atom. The van der Waals surface area contributed by atoms with Crippen molar-refractivity contribution in [2.75, 3.05) is 11.9 Å². The second kappa shape index (κ2) is 8.45. The van der Waals surface area contributed by atoms with E-state index in [4.69, 9.17) is 9.72 Å². The van der Waals surface area contributed by atoms with E-state index >= 15 is 0 Å². The third-order valence-electron chi connectivity index (χ3n) is 3.97.